The summed E-state index contributed by atoms with van der Waals surface area (Å²) in [5.74, 6) is 0. The lowest BCUT2D eigenvalue weighted by atomic mass is 9.97. The second kappa shape index (κ2) is 8.90. The second-order valence-corrected chi connectivity index (χ2v) is 11.1. The number of thiophene rings is 1. The van der Waals surface area contributed by atoms with Crippen LogP contribution in [-0.2, 0) is 0 Å². The van der Waals surface area contributed by atoms with Crippen LogP contribution in [0.15, 0.2) is 140 Å². The molecule has 0 amide bonds. The van der Waals surface area contributed by atoms with Gasteiger partial charge in [0.15, 0.2) is 0 Å². The van der Waals surface area contributed by atoms with E-state index in [2.05, 4.69) is 140 Å². The van der Waals surface area contributed by atoms with Gasteiger partial charge in [0.1, 0.15) is 0 Å². The Kier molecular flexibility index (Phi) is 5.07. The van der Waals surface area contributed by atoms with Crippen LogP contribution in [0.5, 0.6) is 0 Å². The zero-order valence-electron chi connectivity index (χ0n) is 21.1. The highest BCUT2D eigenvalue weighted by Gasteiger charge is 2.16. The summed E-state index contributed by atoms with van der Waals surface area (Å²) in [5, 5.41) is 6.36. The van der Waals surface area contributed by atoms with E-state index in [1.54, 1.807) is 0 Å². The molecule has 2 heteroatoms. The smallest absolute Gasteiger partial charge is 0.0888 e. The van der Waals surface area contributed by atoms with Crippen molar-refractivity contribution in [3.63, 3.8) is 0 Å². The van der Waals surface area contributed by atoms with Crippen LogP contribution < -0.4 is 0 Å². The maximum Gasteiger partial charge on any atom is 0.0888 e. The third-order valence-electron chi connectivity index (χ3n) is 7.65. The van der Waals surface area contributed by atoms with Gasteiger partial charge in [0, 0.05) is 26.4 Å². The minimum atomic E-state index is 1.04. The van der Waals surface area contributed by atoms with Gasteiger partial charge in [-0.1, -0.05) is 115 Å². The summed E-state index contributed by atoms with van der Waals surface area (Å²) in [7, 11) is 0. The van der Waals surface area contributed by atoms with Crippen molar-refractivity contribution in [1.82, 2.24) is 4.98 Å². The third-order valence-corrected chi connectivity index (χ3v) is 8.83. The molecule has 0 bridgehead atoms. The highest BCUT2D eigenvalue weighted by Crippen LogP contribution is 2.43. The van der Waals surface area contributed by atoms with Crippen LogP contribution in [0.2, 0.25) is 0 Å². The second-order valence-electron chi connectivity index (χ2n) is 10.00. The fourth-order valence-corrected chi connectivity index (χ4v) is 6.93. The molecule has 0 aliphatic heterocycles. The molecular weight excluding hydrogens is 490 g/mol. The van der Waals surface area contributed by atoms with E-state index in [1.165, 1.54) is 58.6 Å². The molecule has 2 aromatic heterocycles. The zero-order chi connectivity index (χ0) is 25.8. The van der Waals surface area contributed by atoms with E-state index >= 15 is 0 Å². The van der Waals surface area contributed by atoms with Gasteiger partial charge in [-0.05, 0) is 57.3 Å². The minimum Gasteiger partial charge on any atom is -0.246 e. The first-order valence-electron chi connectivity index (χ1n) is 13.2. The van der Waals surface area contributed by atoms with E-state index in [1.807, 2.05) is 11.3 Å². The molecule has 8 aromatic rings. The summed E-state index contributed by atoms with van der Waals surface area (Å²) in [6.07, 6.45) is 0. The molecule has 0 atom stereocenters. The van der Waals surface area contributed by atoms with E-state index in [0.29, 0.717) is 0 Å². The summed E-state index contributed by atoms with van der Waals surface area (Å²) in [6.45, 7) is 0. The molecule has 2 heterocycles. The topological polar surface area (TPSA) is 12.9 Å². The number of hydrogen-bond donors (Lipinski definition) is 0. The van der Waals surface area contributed by atoms with E-state index in [0.717, 1.165) is 16.8 Å². The van der Waals surface area contributed by atoms with Gasteiger partial charge in [-0.3, -0.25) is 0 Å². The first-order chi connectivity index (χ1) is 19.3. The number of hydrogen-bond acceptors (Lipinski definition) is 2. The van der Waals surface area contributed by atoms with Crippen LogP contribution in [0.25, 0.3) is 75.4 Å². The van der Waals surface area contributed by atoms with Crippen LogP contribution in [0.4, 0.5) is 0 Å². The molecule has 0 aliphatic carbocycles. The summed E-state index contributed by atoms with van der Waals surface area (Å²) in [6, 6.07) is 50.1. The lowest BCUT2D eigenvalue weighted by molar-refractivity contribution is 1.44. The number of rotatable bonds is 3. The van der Waals surface area contributed by atoms with Crippen molar-refractivity contribution >= 4 is 53.2 Å². The van der Waals surface area contributed by atoms with Gasteiger partial charge in [-0.2, -0.15) is 0 Å². The molecule has 0 unspecified atom stereocenters. The molecule has 0 N–H and O–H groups in total. The van der Waals surface area contributed by atoms with Gasteiger partial charge in [0.2, 0.25) is 0 Å². The van der Waals surface area contributed by atoms with Gasteiger partial charge in [-0.25, -0.2) is 4.98 Å². The Balaban J connectivity index is 1.23. The number of pyridine rings is 1. The number of benzene rings is 6. The van der Waals surface area contributed by atoms with Crippen molar-refractivity contribution < 1.29 is 0 Å². The molecule has 6 aromatic carbocycles. The highest BCUT2D eigenvalue weighted by molar-refractivity contribution is 7.26. The summed E-state index contributed by atoms with van der Waals surface area (Å²) < 4.78 is 2.55. The first kappa shape index (κ1) is 22.2. The van der Waals surface area contributed by atoms with Crippen LogP contribution in [0, 0.1) is 0 Å². The first-order valence-corrected chi connectivity index (χ1v) is 14.0. The molecule has 0 spiro atoms. The van der Waals surface area contributed by atoms with Crippen LogP contribution in [-0.4, -0.2) is 4.98 Å². The van der Waals surface area contributed by atoms with Crippen molar-refractivity contribution in [3.05, 3.63) is 140 Å². The molecule has 1 nitrogen and oxygen atoms in total. The lowest BCUT2D eigenvalue weighted by Crippen LogP contribution is -1.88. The zero-order valence-corrected chi connectivity index (χ0v) is 22.0. The van der Waals surface area contributed by atoms with Crippen molar-refractivity contribution in [3.8, 4) is 33.5 Å². The Morgan fingerprint density at radius 2 is 1.08 bits per heavy atom. The van der Waals surface area contributed by atoms with E-state index < -0.39 is 0 Å². The molecule has 0 aliphatic rings. The van der Waals surface area contributed by atoms with Gasteiger partial charge in [0.05, 0.1) is 15.9 Å². The molecular formula is C37H23NS. The van der Waals surface area contributed by atoms with Crippen LogP contribution in [0.1, 0.15) is 0 Å². The quantitative estimate of drug-likeness (QED) is 0.229. The van der Waals surface area contributed by atoms with E-state index in [9.17, 15) is 0 Å². The molecule has 0 radical (unpaired) electrons. The van der Waals surface area contributed by atoms with Crippen molar-refractivity contribution in [2.75, 3.05) is 0 Å². The van der Waals surface area contributed by atoms with Crippen molar-refractivity contribution in [1.29, 1.82) is 0 Å². The fourth-order valence-electron chi connectivity index (χ4n) is 5.70. The maximum absolute atomic E-state index is 5.19. The van der Waals surface area contributed by atoms with Gasteiger partial charge < -0.3 is 0 Å². The number of para-hydroxylation sites is 1. The third kappa shape index (κ3) is 3.72. The van der Waals surface area contributed by atoms with E-state index in [4.69, 9.17) is 4.98 Å². The standard InChI is InChI=1S/C37H23NS/c1-2-9-27-22-29(21-20-24(27)8-1)26-18-16-25(17-19-26)28-10-7-11-30(23-28)36-37-35(31-12-3-5-14-33(31)38-36)32-13-4-6-15-34(32)39-37/h1-23H. The van der Waals surface area contributed by atoms with Crippen molar-refractivity contribution in [2.24, 2.45) is 0 Å². The molecule has 0 saturated heterocycles. The fraction of sp³-hybridized carbons (Fsp3) is 0. The molecule has 0 saturated carbocycles. The van der Waals surface area contributed by atoms with Gasteiger partial charge >= 0.3 is 0 Å². The molecule has 182 valence electrons. The Morgan fingerprint density at radius 1 is 0.436 bits per heavy atom. The maximum atomic E-state index is 5.19. The van der Waals surface area contributed by atoms with Crippen LogP contribution >= 0.6 is 11.3 Å². The lowest BCUT2D eigenvalue weighted by Gasteiger charge is -2.10. The molecule has 39 heavy (non-hydrogen) atoms. The number of nitrogens with zero attached hydrogens (tertiary/aromatic N) is 1. The molecule has 8 rings (SSSR count). The Hall–Kier alpha value is -4.79. The molecule has 0 fully saturated rings. The summed E-state index contributed by atoms with van der Waals surface area (Å²) >= 11 is 1.84. The Bertz CT molecular complexity index is 2170. The Morgan fingerprint density at radius 3 is 1.92 bits per heavy atom. The number of aromatic nitrogens is 1. The summed E-state index contributed by atoms with van der Waals surface area (Å²) in [4.78, 5) is 5.19. The normalized spacial score (nSPS) is 11.6. The average molecular weight is 514 g/mol. The minimum absolute atomic E-state index is 1.04. The van der Waals surface area contributed by atoms with Gasteiger partial charge in [-0.15, -0.1) is 11.3 Å². The predicted molar refractivity (Wildman–Crippen MR) is 168 cm³/mol. The van der Waals surface area contributed by atoms with Crippen LogP contribution in [0.3, 0.4) is 0 Å². The largest absolute Gasteiger partial charge is 0.246 e. The monoisotopic (exact) mass is 513 g/mol. The average Bonchev–Trinajstić information content (AvgIpc) is 3.41. The highest BCUT2D eigenvalue weighted by atomic mass is 32.1. The predicted octanol–water partition coefficient (Wildman–Crippen LogP) is 10.8. The number of fused-ring (bicyclic) bond motifs is 6. The van der Waals surface area contributed by atoms with Crippen molar-refractivity contribution in [2.45, 2.75) is 0 Å². The summed E-state index contributed by atoms with van der Waals surface area (Å²) in [5.41, 5.74) is 8.10. The van der Waals surface area contributed by atoms with E-state index in [-0.39, 0.29) is 0 Å². The Labute approximate surface area is 230 Å². The van der Waals surface area contributed by atoms with Gasteiger partial charge in [0.25, 0.3) is 0 Å². The SMILES string of the molecule is c1cc(-c2ccc(-c3ccc4ccccc4c3)cc2)cc(-c2nc3ccccc3c3c2sc2ccccc23)c1.